The molecule has 4 rings (SSSR count). The lowest BCUT2D eigenvalue weighted by molar-refractivity contribution is -0.112. The van der Waals surface area contributed by atoms with Gasteiger partial charge >= 0.3 is 0 Å². The molecule has 0 fully saturated rings. The SMILES string of the molecule is CC(=O)/C=C(\C)[C@H]1OC(c2ccccc2)=C(S(=O)(=O)c2ccc(C)cc2)[C@@H]1c1ccc(C)cc1. The zero-order valence-electron chi connectivity index (χ0n) is 19.8. The molecule has 0 saturated carbocycles. The molecule has 5 heteroatoms. The van der Waals surface area contributed by atoms with Gasteiger partial charge in [0.25, 0.3) is 0 Å². The van der Waals surface area contributed by atoms with E-state index < -0.39 is 21.9 Å². The van der Waals surface area contributed by atoms with Crippen LogP contribution in [-0.2, 0) is 19.4 Å². The Kier molecular flexibility index (Phi) is 6.58. The Hall–Kier alpha value is -3.44. The maximum absolute atomic E-state index is 14.1. The molecule has 0 unspecified atom stereocenters. The number of ketones is 1. The second kappa shape index (κ2) is 9.43. The lowest BCUT2D eigenvalue weighted by atomic mass is 9.89. The minimum atomic E-state index is -3.91. The fourth-order valence-corrected chi connectivity index (χ4v) is 6.08. The number of hydrogen-bond acceptors (Lipinski definition) is 4. The van der Waals surface area contributed by atoms with Crippen molar-refractivity contribution in [3.63, 3.8) is 0 Å². The van der Waals surface area contributed by atoms with Crippen molar-refractivity contribution in [3.05, 3.63) is 118 Å². The predicted octanol–water partition coefficient (Wildman–Crippen LogP) is 6.16. The summed E-state index contributed by atoms with van der Waals surface area (Å²) in [6.07, 6.45) is 0.896. The topological polar surface area (TPSA) is 60.4 Å². The van der Waals surface area contributed by atoms with E-state index in [1.807, 2.05) is 75.4 Å². The third-order valence-corrected chi connectivity index (χ3v) is 7.94. The van der Waals surface area contributed by atoms with Gasteiger partial charge in [-0.3, -0.25) is 4.79 Å². The van der Waals surface area contributed by atoms with E-state index in [9.17, 15) is 13.2 Å². The third kappa shape index (κ3) is 4.62. The van der Waals surface area contributed by atoms with Crippen molar-refractivity contribution in [1.82, 2.24) is 0 Å². The fraction of sp³-hybridized carbons (Fsp3) is 0.207. The molecule has 1 aliphatic heterocycles. The highest BCUT2D eigenvalue weighted by atomic mass is 32.2. The predicted molar refractivity (Wildman–Crippen MR) is 135 cm³/mol. The average molecular weight is 473 g/mol. The first-order chi connectivity index (χ1) is 16.2. The molecule has 1 heterocycles. The summed E-state index contributed by atoms with van der Waals surface area (Å²) < 4.78 is 34.7. The van der Waals surface area contributed by atoms with Gasteiger partial charge in [-0.15, -0.1) is 0 Å². The van der Waals surface area contributed by atoms with E-state index in [-0.39, 0.29) is 15.6 Å². The van der Waals surface area contributed by atoms with Crippen molar-refractivity contribution >= 4 is 21.4 Å². The summed E-state index contributed by atoms with van der Waals surface area (Å²) in [6, 6.07) is 24.0. The average Bonchev–Trinajstić information content (AvgIpc) is 3.22. The van der Waals surface area contributed by atoms with Crippen molar-refractivity contribution in [3.8, 4) is 0 Å². The van der Waals surface area contributed by atoms with Crippen molar-refractivity contribution in [1.29, 1.82) is 0 Å². The molecule has 0 N–H and O–H groups in total. The van der Waals surface area contributed by atoms with Gasteiger partial charge in [0.15, 0.2) is 5.78 Å². The first-order valence-electron chi connectivity index (χ1n) is 11.2. The van der Waals surface area contributed by atoms with Crippen LogP contribution in [0.15, 0.2) is 100 Å². The number of carbonyl (C=O) groups excluding carboxylic acids is 1. The molecule has 2 atom stereocenters. The molecule has 0 amide bonds. The Bertz CT molecular complexity index is 1360. The van der Waals surface area contributed by atoms with Crippen LogP contribution in [0.1, 0.15) is 42.0 Å². The molecule has 3 aromatic carbocycles. The number of allylic oxidation sites excluding steroid dienone is 1. The van der Waals surface area contributed by atoms with Crippen LogP contribution in [0, 0.1) is 13.8 Å². The highest BCUT2D eigenvalue weighted by Crippen LogP contribution is 2.49. The van der Waals surface area contributed by atoms with Crippen LogP contribution in [0.3, 0.4) is 0 Å². The van der Waals surface area contributed by atoms with Crippen LogP contribution in [0.2, 0.25) is 0 Å². The van der Waals surface area contributed by atoms with Crippen molar-refractivity contribution in [2.45, 2.75) is 44.6 Å². The maximum atomic E-state index is 14.1. The zero-order chi connectivity index (χ0) is 24.5. The van der Waals surface area contributed by atoms with Gasteiger partial charge in [-0.1, -0.05) is 77.9 Å². The molecule has 34 heavy (non-hydrogen) atoms. The normalized spacial score (nSPS) is 18.6. The number of aryl methyl sites for hydroxylation is 2. The van der Waals surface area contributed by atoms with Crippen molar-refractivity contribution in [2.75, 3.05) is 0 Å². The minimum absolute atomic E-state index is 0.111. The molecule has 0 aliphatic carbocycles. The molecule has 0 radical (unpaired) electrons. The Labute approximate surface area is 201 Å². The monoisotopic (exact) mass is 472 g/mol. The molecule has 1 aliphatic rings. The summed E-state index contributed by atoms with van der Waals surface area (Å²) in [5.41, 5.74) is 4.24. The van der Waals surface area contributed by atoms with Gasteiger partial charge in [0.2, 0.25) is 9.84 Å². The van der Waals surface area contributed by atoms with Crippen LogP contribution in [-0.4, -0.2) is 20.3 Å². The number of carbonyl (C=O) groups is 1. The van der Waals surface area contributed by atoms with E-state index in [2.05, 4.69) is 0 Å². The molecule has 0 aromatic heterocycles. The summed E-state index contributed by atoms with van der Waals surface area (Å²) in [5, 5.41) is 0. The fourth-order valence-electron chi connectivity index (χ4n) is 4.32. The van der Waals surface area contributed by atoms with Gasteiger partial charge < -0.3 is 4.74 Å². The van der Waals surface area contributed by atoms with E-state index in [0.717, 1.165) is 16.7 Å². The minimum Gasteiger partial charge on any atom is -0.483 e. The van der Waals surface area contributed by atoms with E-state index in [1.165, 1.54) is 13.0 Å². The molecule has 0 bridgehead atoms. The first kappa shape index (κ1) is 23.7. The largest absolute Gasteiger partial charge is 0.483 e. The first-order valence-corrected chi connectivity index (χ1v) is 12.7. The molecular weight excluding hydrogens is 444 g/mol. The molecule has 0 saturated heterocycles. The van der Waals surface area contributed by atoms with Crippen LogP contribution >= 0.6 is 0 Å². The van der Waals surface area contributed by atoms with Crippen molar-refractivity contribution in [2.24, 2.45) is 0 Å². The number of benzene rings is 3. The van der Waals surface area contributed by atoms with Crippen molar-refractivity contribution < 1.29 is 17.9 Å². The van der Waals surface area contributed by atoms with Gasteiger partial charge in [-0.2, -0.15) is 0 Å². The summed E-state index contributed by atoms with van der Waals surface area (Å²) >= 11 is 0. The van der Waals surface area contributed by atoms with Gasteiger partial charge in [-0.05, 0) is 57.0 Å². The van der Waals surface area contributed by atoms with Crippen LogP contribution in [0.4, 0.5) is 0 Å². The number of rotatable bonds is 6. The Balaban J connectivity index is 2.01. The Morgan fingerprint density at radius 2 is 1.38 bits per heavy atom. The number of sulfone groups is 1. The molecule has 174 valence electrons. The lowest BCUT2D eigenvalue weighted by Gasteiger charge is -2.23. The van der Waals surface area contributed by atoms with Gasteiger partial charge in [-0.25, -0.2) is 8.42 Å². The van der Waals surface area contributed by atoms with E-state index in [4.69, 9.17) is 4.74 Å². The summed E-state index contributed by atoms with van der Waals surface area (Å²) in [5.74, 6) is -0.384. The number of hydrogen-bond donors (Lipinski definition) is 0. The highest BCUT2D eigenvalue weighted by Gasteiger charge is 2.45. The lowest BCUT2D eigenvalue weighted by Crippen LogP contribution is -2.22. The van der Waals surface area contributed by atoms with E-state index in [1.54, 1.807) is 24.3 Å². The highest BCUT2D eigenvalue weighted by molar-refractivity contribution is 7.95. The standard InChI is InChI=1S/C29H28O4S/c1-19-10-14-23(15-11-19)26-27(21(3)18-22(4)30)33-28(24-8-6-5-7-9-24)29(26)34(31,32)25-16-12-20(2)13-17-25/h5-18,26-27H,1-4H3/b21-18+/t26-,27-/m1/s1. The third-order valence-electron chi connectivity index (χ3n) is 6.03. The second-order valence-electron chi connectivity index (χ2n) is 8.80. The Morgan fingerprint density at radius 1 is 0.824 bits per heavy atom. The summed E-state index contributed by atoms with van der Waals surface area (Å²) in [6.45, 7) is 7.21. The molecule has 4 nitrogen and oxygen atoms in total. The van der Waals surface area contributed by atoms with Gasteiger partial charge in [0.1, 0.15) is 16.8 Å². The molecule has 0 spiro atoms. The van der Waals surface area contributed by atoms with E-state index >= 15 is 0 Å². The maximum Gasteiger partial charge on any atom is 0.207 e. The quantitative estimate of drug-likeness (QED) is 0.403. The van der Waals surface area contributed by atoms with E-state index in [0.29, 0.717) is 16.9 Å². The van der Waals surface area contributed by atoms with Crippen LogP contribution in [0.5, 0.6) is 0 Å². The molecular formula is C29H28O4S. The summed E-state index contributed by atoms with van der Waals surface area (Å²) in [7, 11) is -3.91. The molecule has 3 aromatic rings. The summed E-state index contributed by atoms with van der Waals surface area (Å²) in [4.78, 5) is 12.4. The van der Waals surface area contributed by atoms with Crippen LogP contribution < -0.4 is 0 Å². The van der Waals surface area contributed by atoms with Gasteiger partial charge in [0, 0.05) is 5.56 Å². The Morgan fingerprint density at radius 3 is 1.94 bits per heavy atom. The number of ether oxygens (including phenoxy) is 1. The van der Waals surface area contributed by atoms with Gasteiger partial charge in [0.05, 0.1) is 10.8 Å². The van der Waals surface area contributed by atoms with Crippen LogP contribution in [0.25, 0.3) is 5.76 Å². The second-order valence-corrected chi connectivity index (χ2v) is 10.7. The smallest absolute Gasteiger partial charge is 0.207 e. The zero-order valence-corrected chi connectivity index (χ0v) is 20.6.